The number of carbonyl (C=O) groups excluding carboxylic acids is 1. The highest BCUT2D eigenvalue weighted by Gasteiger charge is 2.59. The van der Waals surface area contributed by atoms with Gasteiger partial charge in [-0.3, -0.25) is 4.79 Å². The number of ether oxygens (including phenoxy) is 1. The van der Waals surface area contributed by atoms with E-state index in [4.69, 9.17) is 16.3 Å². The van der Waals surface area contributed by atoms with Gasteiger partial charge in [-0.2, -0.15) is 0 Å². The number of aliphatic hydroxyl groups is 1. The molecule has 2 aromatic carbocycles. The maximum atomic E-state index is 14.5. The second-order valence-electron chi connectivity index (χ2n) is 7.82. The number of carbonyl (C=O) groups is 1. The van der Waals surface area contributed by atoms with Crippen LogP contribution in [-0.2, 0) is 16.0 Å². The van der Waals surface area contributed by atoms with Crippen LogP contribution < -0.4 is 0 Å². The minimum Gasteiger partial charge on any atom is -0.511 e. The standard InChI is InChI=1S/C23H20ClFO3/c1-2-11-3-4-12(14-6-5-13(24)10-16(14)25)9-15(11)19-22(26)20-17-7-8-18(28-17)21(20)23(19)27/h3-6,9-10,17-18,20-21,26H,2,7-8H2,1H3/t17?,18?,20-,21+/m0/s1. The second kappa shape index (κ2) is 6.43. The van der Waals surface area contributed by atoms with Gasteiger partial charge in [0.15, 0.2) is 5.78 Å². The molecule has 2 heterocycles. The summed E-state index contributed by atoms with van der Waals surface area (Å²) in [6.45, 7) is 2.01. The number of aryl methyl sites for hydroxylation is 1. The number of ketones is 1. The lowest BCUT2D eigenvalue weighted by Gasteiger charge is -2.19. The highest BCUT2D eigenvalue weighted by Crippen LogP contribution is 2.54. The first kappa shape index (κ1) is 17.9. The van der Waals surface area contributed by atoms with Crippen LogP contribution in [0.5, 0.6) is 0 Å². The Morgan fingerprint density at radius 2 is 1.86 bits per heavy atom. The molecule has 3 nitrogen and oxygen atoms in total. The molecular formula is C23H20ClFO3. The van der Waals surface area contributed by atoms with Gasteiger partial charge in [-0.25, -0.2) is 4.39 Å². The molecule has 2 unspecified atom stereocenters. The van der Waals surface area contributed by atoms with E-state index in [0.29, 0.717) is 33.7 Å². The molecule has 0 amide bonds. The fourth-order valence-electron chi connectivity index (χ4n) is 5.10. The summed E-state index contributed by atoms with van der Waals surface area (Å²) < 4.78 is 20.3. The quantitative estimate of drug-likeness (QED) is 0.757. The number of benzene rings is 2. The van der Waals surface area contributed by atoms with Gasteiger partial charge in [0, 0.05) is 10.6 Å². The monoisotopic (exact) mass is 398 g/mol. The summed E-state index contributed by atoms with van der Waals surface area (Å²) in [6, 6.07) is 10.1. The van der Waals surface area contributed by atoms with Crippen molar-refractivity contribution in [3.05, 3.63) is 64.1 Å². The van der Waals surface area contributed by atoms with Crippen molar-refractivity contribution in [1.82, 2.24) is 0 Å². The van der Waals surface area contributed by atoms with E-state index in [0.717, 1.165) is 18.4 Å². The Morgan fingerprint density at radius 1 is 1.11 bits per heavy atom. The summed E-state index contributed by atoms with van der Waals surface area (Å²) in [6.07, 6.45) is 2.30. The third kappa shape index (κ3) is 2.48. The van der Waals surface area contributed by atoms with Crippen LogP contribution in [0.4, 0.5) is 4.39 Å². The molecule has 2 bridgehead atoms. The van der Waals surface area contributed by atoms with Crippen LogP contribution in [0.3, 0.4) is 0 Å². The smallest absolute Gasteiger partial charge is 0.173 e. The molecule has 28 heavy (non-hydrogen) atoms. The van der Waals surface area contributed by atoms with E-state index in [1.165, 1.54) is 6.07 Å². The van der Waals surface area contributed by atoms with E-state index < -0.39 is 5.82 Å². The Balaban J connectivity index is 1.64. The fourth-order valence-corrected chi connectivity index (χ4v) is 5.26. The summed E-state index contributed by atoms with van der Waals surface area (Å²) in [5.41, 5.74) is 3.13. The Morgan fingerprint density at radius 3 is 2.54 bits per heavy atom. The molecule has 2 fully saturated rings. The minimum absolute atomic E-state index is 0.0434. The number of rotatable bonds is 3. The summed E-state index contributed by atoms with van der Waals surface area (Å²) in [5.74, 6) is -0.832. The molecular weight excluding hydrogens is 379 g/mol. The van der Waals surface area contributed by atoms with Crippen molar-refractivity contribution < 1.29 is 19.0 Å². The molecule has 2 saturated heterocycles. The third-order valence-electron chi connectivity index (χ3n) is 6.40. The first-order valence-electron chi connectivity index (χ1n) is 9.71. The molecule has 4 atom stereocenters. The number of hydrogen-bond acceptors (Lipinski definition) is 3. The Kier molecular flexibility index (Phi) is 4.11. The van der Waals surface area contributed by atoms with Crippen molar-refractivity contribution in [2.45, 2.75) is 38.4 Å². The second-order valence-corrected chi connectivity index (χ2v) is 8.25. The highest BCUT2D eigenvalue weighted by molar-refractivity contribution is 6.30. The van der Waals surface area contributed by atoms with Crippen molar-refractivity contribution in [1.29, 1.82) is 0 Å². The molecule has 5 heteroatoms. The van der Waals surface area contributed by atoms with Crippen LogP contribution in [0.15, 0.2) is 42.2 Å². The first-order valence-corrected chi connectivity index (χ1v) is 10.1. The predicted octanol–water partition coefficient (Wildman–Crippen LogP) is 5.35. The fraction of sp³-hybridized carbons (Fsp3) is 0.348. The molecule has 1 aliphatic carbocycles. The molecule has 2 aliphatic heterocycles. The van der Waals surface area contributed by atoms with E-state index in [1.54, 1.807) is 12.1 Å². The molecule has 144 valence electrons. The molecule has 0 radical (unpaired) electrons. The van der Waals surface area contributed by atoms with Gasteiger partial charge in [-0.05, 0) is 60.2 Å². The van der Waals surface area contributed by atoms with E-state index in [-0.39, 0.29) is 35.6 Å². The maximum absolute atomic E-state index is 14.5. The zero-order valence-electron chi connectivity index (χ0n) is 15.4. The summed E-state index contributed by atoms with van der Waals surface area (Å²) in [5, 5.41) is 11.3. The lowest BCUT2D eigenvalue weighted by molar-refractivity contribution is -0.118. The van der Waals surface area contributed by atoms with Crippen molar-refractivity contribution in [3.63, 3.8) is 0 Å². The topological polar surface area (TPSA) is 46.5 Å². The molecule has 0 spiro atoms. The van der Waals surface area contributed by atoms with Crippen LogP contribution in [0.2, 0.25) is 5.02 Å². The zero-order valence-corrected chi connectivity index (χ0v) is 16.2. The number of hydrogen-bond donors (Lipinski definition) is 1. The number of aliphatic hydroxyl groups excluding tert-OH is 1. The molecule has 1 N–H and O–H groups in total. The minimum atomic E-state index is -0.415. The van der Waals surface area contributed by atoms with Gasteiger partial charge >= 0.3 is 0 Å². The summed E-state index contributed by atoms with van der Waals surface area (Å²) in [4.78, 5) is 13.2. The number of Topliss-reactive ketones (excluding diaryl/α,β-unsaturated/α-hetero) is 1. The zero-order chi connectivity index (χ0) is 19.6. The first-order chi connectivity index (χ1) is 13.5. The molecule has 2 aromatic rings. The SMILES string of the molecule is CCc1ccc(-c2ccc(Cl)cc2F)cc1C1=C(O)[C@H]2C3CCC(O3)[C@H]2C1=O. The normalized spacial score (nSPS) is 28.3. The lowest BCUT2D eigenvalue weighted by atomic mass is 9.80. The average molecular weight is 399 g/mol. The number of halogens is 2. The van der Waals surface area contributed by atoms with Gasteiger partial charge in [-0.15, -0.1) is 0 Å². The maximum Gasteiger partial charge on any atom is 0.173 e. The van der Waals surface area contributed by atoms with Crippen LogP contribution >= 0.6 is 11.6 Å². The van der Waals surface area contributed by atoms with E-state index >= 15 is 0 Å². The Labute approximate surface area is 167 Å². The van der Waals surface area contributed by atoms with Gasteiger partial charge in [0.1, 0.15) is 11.6 Å². The van der Waals surface area contributed by atoms with E-state index in [1.807, 2.05) is 25.1 Å². The van der Waals surface area contributed by atoms with E-state index in [9.17, 15) is 14.3 Å². The molecule has 0 saturated carbocycles. The van der Waals surface area contributed by atoms with Gasteiger partial charge in [0.25, 0.3) is 0 Å². The van der Waals surface area contributed by atoms with Crippen molar-refractivity contribution in [2.24, 2.45) is 11.8 Å². The van der Waals surface area contributed by atoms with Crippen LogP contribution in [-0.4, -0.2) is 23.1 Å². The highest BCUT2D eigenvalue weighted by atomic mass is 35.5. The van der Waals surface area contributed by atoms with Gasteiger partial charge in [0.2, 0.25) is 0 Å². The Bertz CT molecular complexity index is 1030. The van der Waals surface area contributed by atoms with Crippen molar-refractivity contribution >= 4 is 23.0 Å². The summed E-state index contributed by atoms with van der Waals surface area (Å²) >= 11 is 5.88. The number of allylic oxidation sites excluding steroid dienone is 1. The molecule has 5 rings (SSSR count). The van der Waals surface area contributed by atoms with Crippen molar-refractivity contribution in [3.8, 4) is 11.1 Å². The Hall–Kier alpha value is -2.17. The molecule has 3 aliphatic rings. The van der Waals surface area contributed by atoms with Gasteiger partial charge in [-0.1, -0.05) is 30.7 Å². The molecule has 0 aromatic heterocycles. The predicted molar refractivity (Wildman–Crippen MR) is 106 cm³/mol. The lowest BCUT2D eigenvalue weighted by Crippen LogP contribution is -2.29. The number of fused-ring (bicyclic) bond motifs is 5. The van der Waals surface area contributed by atoms with Crippen LogP contribution in [0.1, 0.15) is 30.9 Å². The van der Waals surface area contributed by atoms with Gasteiger partial charge < -0.3 is 9.84 Å². The largest absolute Gasteiger partial charge is 0.511 e. The summed E-state index contributed by atoms with van der Waals surface area (Å²) in [7, 11) is 0. The van der Waals surface area contributed by atoms with Crippen LogP contribution in [0, 0.1) is 17.7 Å². The van der Waals surface area contributed by atoms with E-state index in [2.05, 4.69) is 0 Å². The van der Waals surface area contributed by atoms with Crippen LogP contribution in [0.25, 0.3) is 16.7 Å². The third-order valence-corrected chi connectivity index (χ3v) is 6.63. The average Bonchev–Trinajstić information content (AvgIpc) is 3.35. The van der Waals surface area contributed by atoms with Gasteiger partial charge in [0.05, 0.1) is 29.6 Å². The van der Waals surface area contributed by atoms with Crippen molar-refractivity contribution in [2.75, 3.05) is 0 Å².